The number of likely N-dealkylation sites (tertiary alicyclic amines) is 1. The molecule has 2 aliphatic rings. The van der Waals surface area contributed by atoms with Gasteiger partial charge in [0, 0.05) is 26.2 Å². The molecule has 2 fully saturated rings. The van der Waals surface area contributed by atoms with Crippen LogP contribution in [0.1, 0.15) is 24.0 Å². The Morgan fingerprint density at radius 3 is 2.38 bits per heavy atom. The summed E-state index contributed by atoms with van der Waals surface area (Å²) in [6, 6.07) is 19.0. The highest BCUT2D eigenvalue weighted by Crippen LogP contribution is 2.42. The van der Waals surface area contributed by atoms with E-state index < -0.39 is 14.8 Å². The molecule has 0 amide bonds. The van der Waals surface area contributed by atoms with Gasteiger partial charge in [-0.05, 0) is 42.7 Å². The van der Waals surface area contributed by atoms with Gasteiger partial charge in [-0.25, -0.2) is 8.42 Å². The Balaban J connectivity index is 1.51. The molecule has 0 N–H and O–H groups in total. The van der Waals surface area contributed by atoms with E-state index in [1.54, 1.807) is 4.31 Å². The van der Waals surface area contributed by atoms with Crippen LogP contribution in [-0.2, 0) is 16.6 Å². The van der Waals surface area contributed by atoms with Gasteiger partial charge in [-0.15, -0.1) is 0 Å². The molecule has 2 aliphatic heterocycles. The van der Waals surface area contributed by atoms with Crippen molar-refractivity contribution in [3.63, 3.8) is 0 Å². The van der Waals surface area contributed by atoms with Crippen LogP contribution in [0.5, 0.6) is 0 Å². The zero-order valence-electron chi connectivity index (χ0n) is 14.5. The number of nitrogens with zero attached hydrogens (tertiary/aromatic N) is 3. The molecule has 5 nitrogen and oxygen atoms in total. The fourth-order valence-corrected chi connectivity index (χ4v) is 6.31. The lowest BCUT2D eigenvalue weighted by atomic mass is 10.0. The highest BCUT2D eigenvalue weighted by Gasteiger charge is 2.55. The van der Waals surface area contributed by atoms with Crippen molar-refractivity contribution in [3.8, 4) is 6.07 Å². The Labute approximate surface area is 154 Å². The average Bonchev–Trinajstić information content (AvgIpc) is 3.18. The van der Waals surface area contributed by atoms with E-state index in [4.69, 9.17) is 5.26 Å². The standard InChI is InChI=1S/C20H21N3O2S/c21-14-17-6-8-18(9-7-17)15-22-12-10-20(16-22)11-13-23(26(20,24)25)19-4-2-1-3-5-19/h1-9H,10-13,15-16H2/t20-/m0/s1. The number of hydrogen-bond acceptors (Lipinski definition) is 4. The van der Waals surface area contributed by atoms with Crippen LogP contribution in [0.4, 0.5) is 5.69 Å². The molecule has 2 saturated heterocycles. The van der Waals surface area contributed by atoms with Crippen LogP contribution in [-0.4, -0.2) is 37.7 Å². The van der Waals surface area contributed by atoms with Gasteiger partial charge in [0.05, 0.1) is 17.3 Å². The molecule has 0 unspecified atom stereocenters. The molecule has 0 radical (unpaired) electrons. The van der Waals surface area contributed by atoms with Crippen LogP contribution >= 0.6 is 0 Å². The van der Waals surface area contributed by atoms with Gasteiger partial charge >= 0.3 is 0 Å². The third kappa shape index (κ3) is 2.77. The predicted molar refractivity (Wildman–Crippen MR) is 101 cm³/mol. The first-order valence-electron chi connectivity index (χ1n) is 8.83. The van der Waals surface area contributed by atoms with Crippen LogP contribution in [0.3, 0.4) is 0 Å². The summed E-state index contributed by atoms with van der Waals surface area (Å²) in [5.41, 5.74) is 2.51. The van der Waals surface area contributed by atoms with Gasteiger partial charge < -0.3 is 0 Å². The molecule has 0 aromatic heterocycles. The SMILES string of the molecule is N#Cc1ccc(CN2CC[C@]3(CCN(c4ccccc4)S3(=O)=O)C2)cc1. The summed E-state index contributed by atoms with van der Waals surface area (Å²) in [6.07, 6.45) is 1.35. The highest BCUT2D eigenvalue weighted by molar-refractivity contribution is 7.94. The fraction of sp³-hybridized carbons (Fsp3) is 0.350. The summed E-state index contributed by atoms with van der Waals surface area (Å²) in [5, 5.41) is 8.90. The van der Waals surface area contributed by atoms with Gasteiger partial charge in [-0.2, -0.15) is 5.26 Å². The molecule has 2 aromatic rings. The van der Waals surface area contributed by atoms with Crippen molar-refractivity contribution in [2.45, 2.75) is 24.1 Å². The number of benzene rings is 2. The zero-order chi connectivity index (χ0) is 18.2. The van der Waals surface area contributed by atoms with E-state index in [9.17, 15) is 8.42 Å². The minimum atomic E-state index is -3.37. The molecular weight excluding hydrogens is 346 g/mol. The molecule has 6 heteroatoms. The Hall–Kier alpha value is -2.36. The van der Waals surface area contributed by atoms with Crippen molar-refractivity contribution in [1.29, 1.82) is 5.26 Å². The maximum Gasteiger partial charge on any atom is 0.242 e. The average molecular weight is 367 g/mol. The molecule has 1 spiro atoms. The van der Waals surface area contributed by atoms with E-state index in [0.717, 1.165) is 17.8 Å². The summed E-state index contributed by atoms with van der Waals surface area (Å²) in [5.74, 6) is 0. The van der Waals surface area contributed by atoms with Gasteiger partial charge in [-0.1, -0.05) is 30.3 Å². The maximum atomic E-state index is 13.3. The smallest absolute Gasteiger partial charge is 0.242 e. The third-order valence-corrected chi connectivity index (χ3v) is 8.14. The van der Waals surface area contributed by atoms with E-state index in [-0.39, 0.29) is 0 Å². The van der Waals surface area contributed by atoms with Gasteiger partial charge in [0.15, 0.2) is 0 Å². The van der Waals surface area contributed by atoms with Gasteiger partial charge in [-0.3, -0.25) is 9.21 Å². The summed E-state index contributed by atoms with van der Waals surface area (Å²) in [4.78, 5) is 2.22. The van der Waals surface area contributed by atoms with Crippen molar-refractivity contribution >= 4 is 15.7 Å². The summed E-state index contributed by atoms with van der Waals surface area (Å²) >= 11 is 0. The molecule has 134 valence electrons. The fourth-order valence-electron chi connectivity index (χ4n) is 4.07. The number of rotatable bonds is 3. The quantitative estimate of drug-likeness (QED) is 0.837. The first-order chi connectivity index (χ1) is 12.5. The van der Waals surface area contributed by atoms with Crippen molar-refractivity contribution in [2.75, 3.05) is 23.9 Å². The maximum absolute atomic E-state index is 13.3. The Morgan fingerprint density at radius 1 is 1.00 bits per heavy atom. The number of para-hydroxylation sites is 1. The lowest BCUT2D eigenvalue weighted by Gasteiger charge is -2.26. The topological polar surface area (TPSA) is 64.4 Å². The van der Waals surface area contributed by atoms with Gasteiger partial charge in [0.25, 0.3) is 0 Å². The van der Waals surface area contributed by atoms with Gasteiger partial charge in [0.1, 0.15) is 4.75 Å². The second kappa shape index (κ2) is 6.42. The van der Waals surface area contributed by atoms with E-state index >= 15 is 0 Å². The Bertz CT molecular complexity index is 935. The van der Waals surface area contributed by atoms with Crippen LogP contribution in [0, 0.1) is 11.3 Å². The minimum absolute atomic E-state index is 0.553. The first kappa shape index (κ1) is 17.1. The zero-order valence-corrected chi connectivity index (χ0v) is 15.3. The molecule has 2 heterocycles. The summed E-state index contributed by atoms with van der Waals surface area (Å²) in [6.45, 7) is 2.62. The second-order valence-corrected chi connectivity index (χ2v) is 9.37. The largest absolute Gasteiger partial charge is 0.297 e. The predicted octanol–water partition coefficient (Wildman–Crippen LogP) is 2.74. The van der Waals surface area contributed by atoms with Crippen molar-refractivity contribution in [3.05, 3.63) is 65.7 Å². The molecule has 0 aliphatic carbocycles. The highest BCUT2D eigenvalue weighted by atomic mass is 32.2. The number of anilines is 1. The van der Waals surface area contributed by atoms with E-state index in [1.165, 1.54) is 0 Å². The number of hydrogen-bond donors (Lipinski definition) is 0. The lowest BCUT2D eigenvalue weighted by Crippen LogP contribution is -2.42. The van der Waals surface area contributed by atoms with E-state index in [2.05, 4.69) is 11.0 Å². The van der Waals surface area contributed by atoms with Crippen molar-refractivity contribution in [2.24, 2.45) is 0 Å². The molecule has 2 aromatic carbocycles. The van der Waals surface area contributed by atoms with Gasteiger partial charge in [0.2, 0.25) is 10.0 Å². The summed E-state index contributed by atoms with van der Waals surface area (Å²) < 4.78 is 27.4. The van der Waals surface area contributed by atoms with Crippen LogP contribution in [0.25, 0.3) is 0 Å². The molecule has 0 saturated carbocycles. The minimum Gasteiger partial charge on any atom is -0.297 e. The normalized spacial score (nSPS) is 24.8. The van der Waals surface area contributed by atoms with Crippen LogP contribution in [0.15, 0.2) is 54.6 Å². The molecule has 0 bridgehead atoms. The van der Waals surface area contributed by atoms with Crippen molar-refractivity contribution < 1.29 is 8.42 Å². The van der Waals surface area contributed by atoms with Crippen LogP contribution < -0.4 is 4.31 Å². The Morgan fingerprint density at radius 2 is 1.69 bits per heavy atom. The van der Waals surface area contributed by atoms with Crippen LogP contribution in [0.2, 0.25) is 0 Å². The monoisotopic (exact) mass is 367 g/mol. The second-order valence-electron chi connectivity index (χ2n) is 7.12. The third-order valence-electron chi connectivity index (χ3n) is 5.54. The summed E-state index contributed by atoms with van der Waals surface area (Å²) in [7, 11) is -3.37. The molecule has 4 rings (SSSR count). The lowest BCUT2D eigenvalue weighted by molar-refractivity contribution is 0.320. The number of nitriles is 1. The molecule has 26 heavy (non-hydrogen) atoms. The van der Waals surface area contributed by atoms with E-state index in [0.29, 0.717) is 38.0 Å². The Kier molecular flexibility index (Phi) is 4.22. The molecular formula is C20H21N3O2S. The van der Waals surface area contributed by atoms with Crippen molar-refractivity contribution in [1.82, 2.24) is 4.90 Å². The molecule has 1 atom stereocenters. The van der Waals surface area contributed by atoms with E-state index in [1.807, 2.05) is 54.6 Å². The first-order valence-corrected chi connectivity index (χ1v) is 10.3. The number of sulfonamides is 1.